The highest BCUT2D eigenvalue weighted by molar-refractivity contribution is 8.13. The first kappa shape index (κ1) is 10.7. The van der Waals surface area contributed by atoms with Gasteiger partial charge in [0.2, 0.25) is 0 Å². The van der Waals surface area contributed by atoms with Crippen LogP contribution < -0.4 is 0 Å². The van der Waals surface area contributed by atoms with Gasteiger partial charge in [0.1, 0.15) is 0 Å². The minimum Gasteiger partial charge on any atom is -0.160 e. The molecule has 0 aromatic heterocycles. The lowest BCUT2D eigenvalue weighted by Gasteiger charge is -1.94. The molecule has 0 saturated carbocycles. The first-order valence-corrected chi connectivity index (χ1v) is 4.83. The summed E-state index contributed by atoms with van der Waals surface area (Å²) in [7, 11) is 0. The largest absolute Gasteiger partial charge is 0.160 e. The summed E-state index contributed by atoms with van der Waals surface area (Å²) in [5.41, 5.74) is 1.00. The van der Waals surface area contributed by atoms with Crippen molar-refractivity contribution in [2.24, 2.45) is 10.2 Å². The highest BCUT2D eigenvalue weighted by Gasteiger charge is 1.89. The van der Waals surface area contributed by atoms with Crippen molar-refractivity contribution in [3.8, 4) is 0 Å². The van der Waals surface area contributed by atoms with E-state index < -0.39 is 0 Å². The minimum absolute atomic E-state index is 1.00. The Hall–Kier alpha value is -0.310. The average Bonchev–Trinajstić information content (AvgIpc) is 1.97. The third-order valence-electron chi connectivity index (χ3n) is 0.906. The molecule has 0 aliphatic carbocycles. The third-order valence-corrected chi connectivity index (χ3v) is 2.02. The fourth-order valence-electron chi connectivity index (χ4n) is 0.449. The normalized spacial score (nSPS) is 11.5. The molecule has 2 nitrogen and oxygen atoms in total. The number of rotatable bonds is 3. The third kappa shape index (κ3) is 7.59. The number of hydrogen-bond donors (Lipinski definition) is 0. The van der Waals surface area contributed by atoms with Gasteiger partial charge in [-0.25, -0.2) is 0 Å². The standard InChI is InChI=1S/C8H16N2S/c1-5-6-11-8(4)10-9-7(2)3/h5-6H2,1-4H3/b10-8+. The van der Waals surface area contributed by atoms with Crippen molar-refractivity contribution in [2.45, 2.75) is 34.1 Å². The van der Waals surface area contributed by atoms with E-state index in [1.807, 2.05) is 20.8 Å². The lowest BCUT2D eigenvalue weighted by Crippen LogP contribution is -1.86. The van der Waals surface area contributed by atoms with E-state index in [4.69, 9.17) is 0 Å². The van der Waals surface area contributed by atoms with Gasteiger partial charge in [0, 0.05) is 5.71 Å². The van der Waals surface area contributed by atoms with Crippen LogP contribution in [0.15, 0.2) is 10.2 Å². The van der Waals surface area contributed by atoms with Crippen molar-refractivity contribution in [1.82, 2.24) is 0 Å². The highest BCUT2D eigenvalue weighted by Crippen LogP contribution is 2.05. The molecule has 0 aromatic rings. The molecule has 0 aliphatic heterocycles. The van der Waals surface area contributed by atoms with Gasteiger partial charge in [0.15, 0.2) is 0 Å². The van der Waals surface area contributed by atoms with Gasteiger partial charge in [0.25, 0.3) is 0 Å². The Morgan fingerprint density at radius 3 is 2.27 bits per heavy atom. The van der Waals surface area contributed by atoms with Crippen molar-refractivity contribution >= 4 is 22.5 Å². The van der Waals surface area contributed by atoms with Crippen LogP contribution in [0.3, 0.4) is 0 Å². The number of nitrogens with zero attached hydrogens (tertiary/aromatic N) is 2. The van der Waals surface area contributed by atoms with E-state index in [1.165, 1.54) is 6.42 Å². The summed E-state index contributed by atoms with van der Waals surface area (Å²) in [4.78, 5) is 0. The van der Waals surface area contributed by atoms with Gasteiger partial charge in [-0.15, -0.1) is 16.9 Å². The molecule has 3 heteroatoms. The van der Waals surface area contributed by atoms with Crippen molar-refractivity contribution in [1.29, 1.82) is 0 Å². The summed E-state index contributed by atoms with van der Waals surface area (Å²) in [5, 5.41) is 9.04. The molecule has 0 aromatic carbocycles. The number of thioether (sulfide) groups is 1. The molecule has 64 valence electrons. The molecule has 11 heavy (non-hydrogen) atoms. The van der Waals surface area contributed by atoms with Gasteiger partial charge < -0.3 is 0 Å². The zero-order valence-corrected chi connectivity index (χ0v) is 8.53. The molecule has 0 radical (unpaired) electrons. The van der Waals surface area contributed by atoms with Crippen molar-refractivity contribution in [3.63, 3.8) is 0 Å². The maximum absolute atomic E-state index is 4.03. The van der Waals surface area contributed by atoms with Crippen LogP contribution in [0.1, 0.15) is 34.1 Å². The van der Waals surface area contributed by atoms with E-state index in [-0.39, 0.29) is 0 Å². The summed E-state index contributed by atoms with van der Waals surface area (Å²) in [5.74, 6) is 1.13. The first-order chi connectivity index (χ1) is 5.16. The van der Waals surface area contributed by atoms with Crippen LogP contribution in [0.5, 0.6) is 0 Å². The minimum atomic E-state index is 1.00. The van der Waals surface area contributed by atoms with Gasteiger partial charge in [-0.3, -0.25) is 0 Å². The van der Waals surface area contributed by atoms with E-state index in [1.54, 1.807) is 11.8 Å². The molecule has 0 amide bonds. The zero-order valence-electron chi connectivity index (χ0n) is 7.72. The van der Waals surface area contributed by atoms with Crippen LogP contribution in [0, 0.1) is 0 Å². The molecule has 0 bridgehead atoms. The van der Waals surface area contributed by atoms with E-state index in [2.05, 4.69) is 17.1 Å². The molecule has 0 saturated heterocycles. The van der Waals surface area contributed by atoms with Gasteiger partial charge >= 0.3 is 0 Å². The van der Waals surface area contributed by atoms with E-state index in [9.17, 15) is 0 Å². The van der Waals surface area contributed by atoms with Crippen LogP contribution >= 0.6 is 11.8 Å². The summed E-state index contributed by atoms with van der Waals surface area (Å²) >= 11 is 1.76. The lowest BCUT2D eigenvalue weighted by molar-refractivity contribution is 1.11. The molecule has 0 unspecified atom stereocenters. The molecule has 0 atom stereocenters. The van der Waals surface area contributed by atoms with Crippen molar-refractivity contribution in [2.75, 3.05) is 5.75 Å². The Balaban J connectivity index is 3.72. The second kappa shape index (κ2) is 6.40. The second-order valence-electron chi connectivity index (χ2n) is 2.51. The summed E-state index contributed by atoms with van der Waals surface area (Å²) in [6.45, 7) is 8.05. The van der Waals surface area contributed by atoms with Gasteiger partial charge in [0.05, 0.1) is 5.04 Å². The Morgan fingerprint density at radius 1 is 1.18 bits per heavy atom. The fraction of sp³-hybridized carbons (Fsp3) is 0.750. The van der Waals surface area contributed by atoms with Gasteiger partial charge in [-0.2, -0.15) is 5.10 Å². The molecular weight excluding hydrogens is 156 g/mol. The second-order valence-corrected chi connectivity index (χ2v) is 3.80. The van der Waals surface area contributed by atoms with Crippen LogP contribution in [-0.4, -0.2) is 16.5 Å². The topological polar surface area (TPSA) is 24.7 Å². The average molecular weight is 172 g/mol. The molecule has 0 rings (SSSR count). The van der Waals surface area contributed by atoms with Crippen LogP contribution in [0.4, 0.5) is 0 Å². The monoisotopic (exact) mass is 172 g/mol. The smallest absolute Gasteiger partial charge is 0.0927 e. The maximum Gasteiger partial charge on any atom is 0.0927 e. The van der Waals surface area contributed by atoms with Crippen LogP contribution in [0.2, 0.25) is 0 Å². The summed E-state index contributed by atoms with van der Waals surface area (Å²) in [6, 6.07) is 0. The van der Waals surface area contributed by atoms with E-state index in [0.29, 0.717) is 0 Å². The van der Waals surface area contributed by atoms with Crippen molar-refractivity contribution < 1.29 is 0 Å². The van der Waals surface area contributed by atoms with E-state index in [0.717, 1.165) is 16.5 Å². The Bertz CT molecular complexity index is 157. The van der Waals surface area contributed by atoms with Crippen LogP contribution in [-0.2, 0) is 0 Å². The maximum atomic E-state index is 4.03. The zero-order chi connectivity index (χ0) is 8.69. The molecule has 0 fully saturated rings. The Labute approximate surface area is 73.2 Å². The summed E-state index contributed by atoms with van der Waals surface area (Å²) in [6.07, 6.45) is 1.19. The van der Waals surface area contributed by atoms with Crippen molar-refractivity contribution in [3.05, 3.63) is 0 Å². The fourth-order valence-corrected chi connectivity index (χ4v) is 1.05. The van der Waals surface area contributed by atoms with Gasteiger partial charge in [-0.1, -0.05) is 6.92 Å². The molecule has 0 aliphatic rings. The Morgan fingerprint density at radius 2 is 1.82 bits per heavy atom. The molecule has 0 spiro atoms. The summed E-state index contributed by atoms with van der Waals surface area (Å²) < 4.78 is 0. The van der Waals surface area contributed by atoms with Crippen LogP contribution in [0.25, 0.3) is 0 Å². The molecule has 0 heterocycles. The van der Waals surface area contributed by atoms with Gasteiger partial charge in [-0.05, 0) is 32.9 Å². The lowest BCUT2D eigenvalue weighted by atomic mass is 10.5. The number of hydrogen-bond acceptors (Lipinski definition) is 3. The molecular formula is C8H16N2S. The quantitative estimate of drug-likeness (QED) is 0.365. The van der Waals surface area contributed by atoms with E-state index >= 15 is 0 Å². The Kier molecular flexibility index (Phi) is 6.22. The molecule has 0 N–H and O–H groups in total. The SMILES string of the molecule is CCCS/C(C)=N/N=C(C)C. The highest BCUT2D eigenvalue weighted by atomic mass is 32.2. The predicted molar refractivity (Wildman–Crippen MR) is 54.6 cm³/mol. The predicted octanol–water partition coefficient (Wildman–Crippen LogP) is 2.94. The first-order valence-electron chi connectivity index (χ1n) is 3.85.